The van der Waals surface area contributed by atoms with Crippen LogP contribution in [0, 0.1) is 0 Å². The Bertz CT molecular complexity index is 715. The normalized spacial score (nSPS) is 12.6. The Kier molecular flexibility index (Phi) is 6.28. The molecule has 0 aliphatic heterocycles. The van der Waals surface area contributed by atoms with Gasteiger partial charge < -0.3 is 14.4 Å². The van der Waals surface area contributed by atoms with Crippen LogP contribution < -0.4 is 0 Å². The second-order valence-electron chi connectivity index (χ2n) is 5.49. The van der Waals surface area contributed by atoms with Gasteiger partial charge in [0.1, 0.15) is 5.92 Å². The van der Waals surface area contributed by atoms with Crippen molar-refractivity contribution in [1.82, 2.24) is 4.90 Å². The number of carbonyl (C=O) groups excluding carboxylic acids is 3. The van der Waals surface area contributed by atoms with E-state index in [1.165, 1.54) is 4.90 Å². The van der Waals surface area contributed by atoms with Gasteiger partial charge in [0.2, 0.25) is 5.91 Å². The van der Waals surface area contributed by atoms with E-state index in [2.05, 4.69) is 0 Å². The zero-order valence-electron chi connectivity index (χ0n) is 14.0. The predicted molar refractivity (Wildman–Crippen MR) is 90.7 cm³/mol. The molecular weight excluding hydrogens is 322 g/mol. The fourth-order valence-electron chi connectivity index (χ4n) is 2.33. The van der Waals surface area contributed by atoms with Crippen LogP contribution in [0.1, 0.15) is 21.8 Å². The fraction of sp³-hybridized carbons (Fsp3) is 0.211. The minimum Gasteiger partial charge on any atom is -0.426 e. The third kappa shape index (κ3) is 4.67. The molecule has 0 N–H and O–H groups in total. The van der Waals surface area contributed by atoms with Crippen LogP contribution in [-0.2, 0) is 19.1 Å². The van der Waals surface area contributed by atoms with Crippen molar-refractivity contribution in [3.8, 4) is 0 Å². The maximum absolute atomic E-state index is 12.6. The summed E-state index contributed by atoms with van der Waals surface area (Å²) >= 11 is 0. The molecule has 130 valence electrons. The van der Waals surface area contributed by atoms with Crippen LogP contribution in [0.15, 0.2) is 60.7 Å². The van der Waals surface area contributed by atoms with Gasteiger partial charge in [-0.15, -0.1) is 0 Å². The number of rotatable bonds is 7. The standard InChI is InChI=1S/C19H19NO5/c1-20(2)17(22)16(14-9-5-3-6-10-14)19(24-13-21)25-18(23)15-11-7-4-8-12-15/h3-13,16,19H,1-2H3/t16-,19+/m1/s1. The van der Waals surface area contributed by atoms with Gasteiger partial charge in [0.05, 0.1) is 5.56 Å². The number of likely N-dealkylation sites (N-methyl/N-ethyl adjacent to an activating group) is 1. The van der Waals surface area contributed by atoms with E-state index in [1.54, 1.807) is 74.8 Å². The largest absolute Gasteiger partial charge is 0.426 e. The van der Waals surface area contributed by atoms with Crippen molar-refractivity contribution in [2.45, 2.75) is 12.2 Å². The molecule has 0 aromatic heterocycles. The Morgan fingerprint density at radius 2 is 1.52 bits per heavy atom. The molecular formula is C19H19NO5. The molecule has 0 fully saturated rings. The van der Waals surface area contributed by atoms with E-state index in [-0.39, 0.29) is 12.4 Å². The second-order valence-corrected chi connectivity index (χ2v) is 5.49. The van der Waals surface area contributed by atoms with Crippen LogP contribution in [0.4, 0.5) is 0 Å². The molecule has 1 amide bonds. The van der Waals surface area contributed by atoms with Gasteiger partial charge in [0.15, 0.2) is 0 Å². The Hall–Kier alpha value is -3.15. The summed E-state index contributed by atoms with van der Waals surface area (Å²) in [5.74, 6) is -1.99. The van der Waals surface area contributed by atoms with Gasteiger partial charge in [-0.3, -0.25) is 9.59 Å². The van der Waals surface area contributed by atoms with Crippen molar-refractivity contribution in [2.24, 2.45) is 0 Å². The second kappa shape index (κ2) is 8.63. The lowest BCUT2D eigenvalue weighted by Crippen LogP contribution is -2.39. The van der Waals surface area contributed by atoms with E-state index in [0.717, 1.165) is 0 Å². The Balaban J connectivity index is 2.34. The molecule has 25 heavy (non-hydrogen) atoms. The number of nitrogens with zero attached hydrogens (tertiary/aromatic N) is 1. The van der Waals surface area contributed by atoms with Crippen LogP contribution in [0.5, 0.6) is 0 Å². The molecule has 0 spiro atoms. The first-order chi connectivity index (χ1) is 12.0. The van der Waals surface area contributed by atoms with Crippen LogP contribution in [-0.4, -0.2) is 43.6 Å². The summed E-state index contributed by atoms with van der Waals surface area (Å²) in [6.45, 7) is 0.168. The zero-order chi connectivity index (χ0) is 18.2. The Morgan fingerprint density at radius 3 is 2.04 bits per heavy atom. The highest BCUT2D eigenvalue weighted by molar-refractivity contribution is 5.90. The molecule has 0 saturated heterocycles. The highest BCUT2D eigenvalue weighted by atomic mass is 16.7. The molecule has 6 heteroatoms. The summed E-state index contributed by atoms with van der Waals surface area (Å²) in [4.78, 5) is 37.2. The predicted octanol–water partition coefficient (Wildman–Crippen LogP) is 2.21. The molecule has 0 bridgehead atoms. The highest BCUT2D eigenvalue weighted by Gasteiger charge is 2.35. The van der Waals surface area contributed by atoms with Crippen molar-refractivity contribution in [2.75, 3.05) is 14.1 Å². The van der Waals surface area contributed by atoms with Crippen molar-refractivity contribution in [3.63, 3.8) is 0 Å². The maximum Gasteiger partial charge on any atom is 0.341 e. The van der Waals surface area contributed by atoms with E-state index < -0.39 is 18.2 Å². The molecule has 0 radical (unpaired) electrons. The summed E-state index contributed by atoms with van der Waals surface area (Å²) in [5.41, 5.74) is 0.875. The number of carbonyl (C=O) groups is 3. The van der Waals surface area contributed by atoms with Crippen molar-refractivity contribution in [1.29, 1.82) is 0 Å². The first-order valence-electron chi connectivity index (χ1n) is 7.66. The molecule has 0 heterocycles. The lowest BCUT2D eigenvalue weighted by Gasteiger charge is -2.27. The van der Waals surface area contributed by atoms with Crippen molar-refractivity contribution < 1.29 is 23.9 Å². The van der Waals surface area contributed by atoms with Gasteiger partial charge in [-0.2, -0.15) is 0 Å². The van der Waals surface area contributed by atoms with Gasteiger partial charge >= 0.3 is 5.97 Å². The number of hydrogen-bond donors (Lipinski definition) is 0. The van der Waals surface area contributed by atoms with E-state index in [4.69, 9.17) is 9.47 Å². The SMILES string of the molecule is CN(C)C(=O)[C@@H](c1ccccc1)[C@@H](OC=O)OC(=O)c1ccccc1. The molecule has 2 aromatic carbocycles. The lowest BCUT2D eigenvalue weighted by molar-refractivity contribution is -0.163. The number of amides is 1. The summed E-state index contributed by atoms with van der Waals surface area (Å²) < 4.78 is 10.3. The monoisotopic (exact) mass is 341 g/mol. The molecule has 6 nitrogen and oxygen atoms in total. The smallest absolute Gasteiger partial charge is 0.341 e. The molecule has 0 aliphatic carbocycles. The number of benzene rings is 2. The molecule has 0 saturated carbocycles. The number of ether oxygens (including phenoxy) is 2. The minimum atomic E-state index is -1.37. The van der Waals surface area contributed by atoms with Crippen LogP contribution >= 0.6 is 0 Å². The molecule has 0 unspecified atom stereocenters. The summed E-state index contributed by atoms with van der Waals surface area (Å²) in [6.07, 6.45) is -1.37. The van der Waals surface area contributed by atoms with E-state index >= 15 is 0 Å². The van der Waals surface area contributed by atoms with Crippen LogP contribution in [0.2, 0.25) is 0 Å². The average molecular weight is 341 g/mol. The minimum absolute atomic E-state index is 0.168. The average Bonchev–Trinajstić information content (AvgIpc) is 2.63. The van der Waals surface area contributed by atoms with Crippen molar-refractivity contribution >= 4 is 18.3 Å². The summed E-state index contributed by atoms with van der Waals surface area (Å²) in [6, 6.07) is 17.0. The molecule has 0 aliphatic rings. The van der Waals surface area contributed by atoms with Crippen molar-refractivity contribution in [3.05, 3.63) is 71.8 Å². The maximum atomic E-state index is 12.6. The number of esters is 1. The molecule has 2 rings (SSSR count). The third-order valence-electron chi connectivity index (χ3n) is 3.56. The van der Waals surface area contributed by atoms with Crippen LogP contribution in [0.25, 0.3) is 0 Å². The summed E-state index contributed by atoms with van der Waals surface area (Å²) in [7, 11) is 3.16. The lowest BCUT2D eigenvalue weighted by atomic mass is 9.97. The Labute approximate surface area is 146 Å². The van der Waals surface area contributed by atoms with Gasteiger partial charge in [0.25, 0.3) is 12.8 Å². The summed E-state index contributed by atoms with van der Waals surface area (Å²) in [5, 5.41) is 0. The molecule has 2 aromatic rings. The first-order valence-corrected chi connectivity index (χ1v) is 7.66. The van der Waals surface area contributed by atoms with E-state index in [0.29, 0.717) is 11.1 Å². The van der Waals surface area contributed by atoms with Gasteiger partial charge in [-0.1, -0.05) is 48.5 Å². The van der Waals surface area contributed by atoms with Crippen LogP contribution in [0.3, 0.4) is 0 Å². The van der Waals surface area contributed by atoms with Gasteiger partial charge in [0, 0.05) is 14.1 Å². The van der Waals surface area contributed by atoms with E-state index in [1.807, 2.05) is 0 Å². The molecule has 2 atom stereocenters. The number of hydrogen-bond acceptors (Lipinski definition) is 5. The first kappa shape index (κ1) is 18.2. The topological polar surface area (TPSA) is 72.9 Å². The third-order valence-corrected chi connectivity index (χ3v) is 3.56. The zero-order valence-corrected chi connectivity index (χ0v) is 14.0. The van der Waals surface area contributed by atoms with Gasteiger partial charge in [-0.05, 0) is 17.7 Å². The van der Waals surface area contributed by atoms with E-state index in [9.17, 15) is 14.4 Å². The fourth-order valence-corrected chi connectivity index (χ4v) is 2.33. The highest BCUT2D eigenvalue weighted by Crippen LogP contribution is 2.25. The Morgan fingerprint density at radius 1 is 0.960 bits per heavy atom. The quantitative estimate of drug-likeness (QED) is 0.439. The van der Waals surface area contributed by atoms with Gasteiger partial charge in [-0.25, -0.2) is 4.79 Å².